The lowest BCUT2D eigenvalue weighted by atomic mass is 10.0. The summed E-state index contributed by atoms with van der Waals surface area (Å²) in [6.07, 6.45) is 5.26. The molecule has 7 nitrogen and oxygen atoms in total. The number of amides is 3. The molecule has 1 aliphatic rings. The maximum absolute atomic E-state index is 15.0. The van der Waals surface area contributed by atoms with Crippen molar-refractivity contribution in [3.05, 3.63) is 90.1 Å². The second-order valence-corrected chi connectivity index (χ2v) is 9.28. The van der Waals surface area contributed by atoms with E-state index in [2.05, 4.69) is 15.6 Å². The van der Waals surface area contributed by atoms with Gasteiger partial charge in [-0.25, -0.2) is 13.8 Å². The third-order valence-electron chi connectivity index (χ3n) is 6.50. The Morgan fingerprint density at radius 3 is 2.32 bits per heavy atom. The molecule has 0 bridgehead atoms. The second-order valence-electron chi connectivity index (χ2n) is 9.28. The monoisotopic (exact) mass is 520 g/mol. The minimum absolute atomic E-state index is 0.0307. The summed E-state index contributed by atoms with van der Waals surface area (Å²) in [4.78, 5) is 44.7. The molecule has 1 heterocycles. The smallest absolute Gasteiger partial charge is 0.248 e. The SMILES string of the molecule is O=C(CCCC(=O)N(c1ccccc1F)[C@@H](C(=O)NC1CCCC1)c1ccc(F)cc1)Nc1ccccn1. The molecule has 0 unspecified atom stereocenters. The lowest BCUT2D eigenvalue weighted by Gasteiger charge is -2.32. The van der Waals surface area contributed by atoms with Crippen molar-refractivity contribution in [3.8, 4) is 0 Å². The van der Waals surface area contributed by atoms with Crippen molar-refractivity contribution in [1.82, 2.24) is 10.3 Å². The zero-order valence-electron chi connectivity index (χ0n) is 20.9. The van der Waals surface area contributed by atoms with Crippen LogP contribution >= 0.6 is 0 Å². The van der Waals surface area contributed by atoms with Crippen LogP contribution in [0.15, 0.2) is 72.9 Å². The van der Waals surface area contributed by atoms with Gasteiger partial charge < -0.3 is 10.6 Å². The fourth-order valence-corrected chi connectivity index (χ4v) is 4.64. The highest BCUT2D eigenvalue weighted by Gasteiger charge is 2.35. The van der Waals surface area contributed by atoms with E-state index in [0.717, 1.165) is 30.6 Å². The van der Waals surface area contributed by atoms with E-state index >= 15 is 4.39 Å². The van der Waals surface area contributed by atoms with Gasteiger partial charge in [0.25, 0.3) is 0 Å². The number of nitrogens with one attached hydrogen (secondary N) is 2. The third kappa shape index (κ3) is 7.00. The van der Waals surface area contributed by atoms with E-state index in [0.29, 0.717) is 11.4 Å². The molecule has 0 radical (unpaired) electrons. The fourth-order valence-electron chi connectivity index (χ4n) is 4.64. The van der Waals surface area contributed by atoms with Gasteiger partial charge in [0.2, 0.25) is 17.7 Å². The standard InChI is InChI=1S/C29H30F2N4O3/c30-21-17-15-20(16-18-21)28(29(38)33-22-8-1-2-9-22)35(24-11-4-3-10-23(24)31)27(37)14-7-13-26(36)34-25-12-5-6-19-32-25/h3-6,10-12,15-19,22,28H,1-2,7-9,13-14H2,(H,33,38)(H,32,34,36)/t28-/m1/s1. The lowest BCUT2D eigenvalue weighted by molar-refractivity contribution is -0.127. The number of carbonyl (C=O) groups is 3. The van der Waals surface area contributed by atoms with E-state index in [-0.39, 0.29) is 36.9 Å². The Hall–Kier alpha value is -4.14. The van der Waals surface area contributed by atoms with Crippen molar-refractivity contribution in [3.63, 3.8) is 0 Å². The molecule has 0 spiro atoms. The Kier molecular flexibility index (Phi) is 9.13. The number of hydrogen-bond acceptors (Lipinski definition) is 4. The molecule has 2 aromatic carbocycles. The third-order valence-corrected chi connectivity index (χ3v) is 6.50. The molecule has 38 heavy (non-hydrogen) atoms. The van der Waals surface area contributed by atoms with Crippen LogP contribution in [0.25, 0.3) is 0 Å². The number of nitrogens with zero attached hydrogens (tertiary/aromatic N) is 2. The summed E-state index contributed by atoms with van der Waals surface area (Å²) in [5, 5.41) is 5.66. The van der Waals surface area contributed by atoms with Crippen molar-refractivity contribution in [1.29, 1.82) is 0 Å². The molecule has 4 rings (SSSR count). The molecule has 3 amide bonds. The molecule has 198 valence electrons. The van der Waals surface area contributed by atoms with Crippen LogP contribution in [0.4, 0.5) is 20.3 Å². The van der Waals surface area contributed by atoms with Gasteiger partial charge in [-0.2, -0.15) is 0 Å². The first-order valence-electron chi connectivity index (χ1n) is 12.8. The van der Waals surface area contributed by atoms with Crippen molar-refractivity contribution >= 4 is 29.2 Å². The second kappa shape index (κ2) is 12.9. The number of carbonyl (C=O) groups excluding carboxylic acids is 3. The fraction of sp³-hybridized carbons (Fsp3) is 0.310. The van der Waals surface area contributed by atoms with Gasteiger partial charge in [-0.3, -0.25) is 19.3 Å². The number of benzene rings is 2. The highest BCUT2D eigenvalue weighted by atomic mass is 19.1. The van der Waals surface area contributed by atoms with E-state index < -0.39 is 29.5 Å². The van der Waals surface area contributed by atoms with Crippen LogP contribution in [-0.4, -0.2) is 28.7 Å². The lowest BCUT2D eigenvalue weighted by Crippen LogP contribution is -2.46. The Labute approximate surface area is 220 Å². The molecule has 3 aromatic rings. The first kappa shape index (κ1) is 26.9. The van der Waals surface area contributed by atoms with E-state index in [1.165, 1.54) is 42.5 Å². The first-order chi connectivity index (χ1) is 18.4. The van der Waals surface area contributed by atoms with Crippen LogP contribution in [0.1, 0.15) is 56.6 Å². The number of pyridine rings is 1. The minimum Gasteiger partial charge on any atom is -0.351 e. The summed E-state index contributed by atoms with van der Waals surface area (Å²) in [6.45, 7) is 0. The van der Waals surface area contributed by atoms with Crippen LogP contribution in [-0.2, 0) is 14.4 Å². The number of para-hydroxylation sites is 1. The molecule has 2 N–H and O–H groups in total. The average Bonchev–Trinajstić information content (AvgIpc) is 3.42. The molecular formula is C29H30F2N4O3. The zero-order chi connectivity index (χ0) is 26.9. The van der Waals surface area contributed by atoms with Crippen LogP contribution in [0.2, 0.25) is 0 Å². The van der Waals surface area contributed by atoms with Crippen molar-refractivity contribution in [2.24, 2.45) is 0 Å². The highest BCUT2D eigenvalue weighted by molar-refractivity contribution is 6.01. The van der Waals surface area contributed by atoms with Crippen LogP contribution in [0, 0.1) is 11.6 Å². The molecule has 1 aromatic heterocycles. The quantitative estimate of drug-likeness (QED) is 0.380. The van der Waals surface area contributed by atoms with Gasteiger partial charge in [0.15, 0.2) is 0 Å². The first-order valence-corrected chi connectivity index (χ1v) is 12.8. The number of halogens is 2. The number of aromatic nitrogens is 1. The largest absolute Gasteiger partial charge is 0.351 e. The number of hydrogen-bond donors (Lipinski definition) is 2. The summed E-state index contributed by atoms with van der Waals surface area (Å²) >= 11 is 0. The van der Waals surface area contributed by atoms with E-state index in [1.807, 2.05) is 0 Å². The summed E-state index contributed by atoms with van der Waals surface area (Å²) < 4.78 is 28.8. The Morgan fingerprint density at radius 1 is 0.921 bits per heavy atom. The Morgan fingerprint density at radius 2 is 1.63 bits per heavy atom. The summed E-state index contributed by atoms with van der Waals surface area (Å²) in [6, 6.07) is 14.8. The number of anilines is 2. The highest BCUT2D eigenvalue weighted by Crippen LogP contribution is 2.32. The van der Waals surface area contributed by atoms with Crippen LogP contribution in [0.5, 0.6) is 0 Å². The Bertz CT molecular complexity index is 1250. The van der Waals surface area contributed by atoms with Gasteiger partial charge in [0.1, 0.15) is 23.5 Å². The maximum Gasteiger partial charge on any atom is 0.248 e. The van der Waals surface area contributed by atoms with Crippen molar-refractivity contribution in [2.75, 3.05) is 10.2 Å². The van der Waals surface area contributed by atoms with Gasteiger partial charge in [0, 0.05) is 25.1 Å². The normalized spacial score (nSPS) is 14.1. The summed E-state index contributed by atoms with van der Waals surface area (Å²) in [5.74, 6) is -2.08. The average molecular weight is 521 g/mol. The van der Waals surface area contributed by atoms with E-state index in [9.17, 15) is 18.8 Å². The molecule has 1 aliphatic carbocycles. The molecule has 1 fully saturated rings. The van der Waals surface area contributed by atoms with Crippen molar-refractivity contribution < 1.29 is 23.2 Å². The molecule has 1 saturated carbocycles. The molecule has 9 heteroatoms. The minimum atomic E-state index is -1.22. The summed E-state index contributed by atoms with van der Waals surface area (Å²) in [7, 11) is 0. The molecule has 0 aliphatic heterocycles. The van der Waals surface area contributed by atoms with Gasteiger partial charge in [0.05, 0.1) is 5.69 Å². The topological polar surface area (TPSA) is 91.4 Å². The van der Waals surface area contributed by atoms with Crippen LogP contribution < -0.4 is 15.5 Å². The number of rotatable bonds is 10. The van der Waals surface area contributed by atoms with Gasteiger partial charge >= 0.3 is 0 Å². The zero-order valence-corrected chi connectivity index (χ0v) is 20.9. The maximum atomic E-state index is 15.0. The van der Waals surface area contributed by atoms with Gasteiger partial charge in [-0.05, 0) is 61.2 Å². The summed E-state index contributed by atoms with van der Waals surface area (Å²) in [5.41, 5.74) is 0.290. The molecular weight excluding hydrogens is 490 g/mol. The van der Waals surface area contributed by atoms with Gasteiger partial charge in [-0.15, -0.1) is 0 Å². The van der Waals surface area contributed by atoms with E-state index in [1.54, 1.807) is 30.5 Å². The molecule has 1 atom stereocenters. The Balaban J connectivity index is 1.58. The van der Waals surface area contributed by atoms with Crippen LogP contribution in [0.3, 0.4) is 0 Å². The predicted octanol–water partition coefficient (Wildman–Crippen LogP) is 5.30. The molecule has 0 saturated heterocycles. The van der Waals surface area contributed by atoms with Crippen molar-refractivity contribution in [2.45, 2.75) is 57.0 Å². The van der Waals surface area contributed by atoms with E-state index in [4.69, 9.17) is 0 Å². The van der Waals surface area contributed by atoms with Gasteiger partial charge in [-0.1, -0.05) is 43.2 Å². The predicted molar refractivity (Wildman–Crippen MR) is 140 cm³/mol.